The van der Waals surface area contributed by atoms with Gasteiger partial charge in [0.25, 0.3) is 5.91 Å². The number of anilines is 1. The number of benzene rings is 2. The fourth-order valence-electron chi connectivity index (χ4n) is 5.23. The van der Waals surface area contributed by atoms with E-state index in [-0.39, 0.29) is 42.1 Å². The molecule has 3 aliphatic rings. The highest BCUT2D eigenvalue weighted by atomic mass is 35.5. The molecule has 3 aliphatic heterocycles. The predicted octanol–water partition coefficient (Wildman–Crippen LogP) is 3.58. The van der Waals surface area contributed by atoms with Crippen molar-refractivity contribution in [3.63, 3.8) is 0 Å². The third-order valence-electron chi connectivity index (χ3n) is 7.08. The minimum atomic E-state index is -4.52. The second-order valence-electron chi connectivity index (χ2n) is 9.41. The first-order chi connectivity index (χ1) is 17.5. The van der Waals surface area contributed by atoms with Gasteiger partial charge in [-0.1, -0.05) is 17.7 Å². The fourth-order valence-corrected chi connectivity index (χ4v) is 5.40. The van der Waals surface area contributed by atoms with Crippen LogP contribution in [-0.4, -0.2) is 59.7 Å². The van der Waals surface area contributed by atoms with Gasteiger partial charge >= 0.3 is 6.18 Å². The van der Waals surface area contributed by atoms with E-state index in [0.29, 0.717) is 37.4 Å². The monoisotopic (exact) mass is 538 g/mol. The van der Waals surface area contributed by atoms with Gasteiger partial charge < -0.3 is 9.80 Å². The fraction of sp³-hybridized carbons (Fsp3) is 0.400. The van der Waals surface area contributed by atoms with E-state index in [1.165, 1.54) is 23.1 Å². The number of hydrogen-bond acceptors (Lipinski definition) is 5. The molecular weight excluding hydrogens is 516 g/mol. The lowest BCUT2D eigenvalue weighted by Crippen LogP contribution is -2.52. The van der Waals surface area contributed by atoms with Crippen molar-refractivity contribution < 1.29 is 31.9 Å². The smallest absolute Gasteiger partial charge is 0.369 e. The van der Waals surface area contributed by atoms with E-state index in [0.717, 1.165) is 12.1 Å². The third-order valence-corrected chi connectivity index (χ3v) is 7.32. The van der Waals surface area contributed by atoms with E-state index in [2.05, 4.69) is 5.32 Å². The molecule has 196 valence electrons. The van der Waals surface area contributed by atoms with E-state index < -0.39 is 41.3 Å². The highest BCUT2D eigenvalue weighted by molar-refractivity contribution is 6.30. The van der Waals surface area contributed by atoms with Crippen LogP contribution in [0.5, 0.6) is 0 Å². The van der Waals surface area contributed by atoms with E-state index >= 15 is 0 Å². The van der Waals surface area contributed by atoms with Gasteiger partial charge in [-0.3, -0.25) is 24.6 Å². The number of alkyl halides is 3. The van der Waals surface area contributed by atoms with Gasteiger partial charge in [-0.2, -0.15) is 13.2 Å². The maximum atomic E-state index is 14.6. The van der Waals surface area contributed by atoms with E-state index in [9.17, 15) is 31.9 Å². The number of nitrogens with one attached hydrogen (secondary N) is 1. The number of fused-ring (bicyclic) bond motifs is 1. The van der Waals surface area contributed by atoms with Crippen LogP contribution < -0.4 is 10.2 Å². The van der Waals surface area contributed by atoms with E-state index in [1.807, 2.05) is 9.80 Å². The summed E-state index contributed by atoms with van der Waals surface area (Å²) in [6.45, 7) is 1.87. The molecule has 0 aliphatic carbocycles. The van der Waals surface area contributed by atoms with Crippen LogP contribution in [0.25, 0.3) is 0 Å². The van der Waals surface area contributed by atoms with Crippen molar-refractivity contribution in [1.29, 1.82) is 0 Å². The Kier molecular flexibility index (Phi) is 6.61. The topological polar surface area (TPSA) is 73.0 Å². The molecule has 0 radical (unpaired) electrons. The standard InChI is InChI=1S/C25H23ClF4N4O3/c26-15-2-1-14(19(9-15)25(28,29)30)12-32-5-7-33(8-6-32)21-11-16(27)10-17-18(21)13-34(24(17)37)20-3-4-22(35)31-23(20)36/h1-2,9-11,20H,3-8,12-13H2,(H,31,35,36). The van der Waals surface area contributed by atoms with Gasteiger partial charge in [0.2, 0.25) is 11.8 Å². The Bertz CT molecular complexity index is 1280. The van der Waals surface area contributed by atoms with Gasteiger partial charge in [-0.25, -0.2) is 4.39 Å². The van der Waals surface area contributed by atoms with Crippen molar-refractivity contribution >= 4 is 35.0 Å². The van der Waals surface area contributed by atoms with Crippen LogP contribution in [0.2, 0.25) is 5.02 Å². The molecule has 1 atom stereocenters. The lowest BCUT2D eigenvalue weighted by molar-refractivity contribution is -0.139. The average molecular weight is 539 g/mol. The molecule has 2 aromatic rings. The SMILES string of the molecule is O=C1CCC(N2Cc3c(cc(F)cc3N3CCN(Cc4ccc(Cl)cc4C(F)(F)F)CC3)C2=O)C(=O)N1. The first kappa shape index (κ1) is 25.5. The molecule has 2 fully saturated rings. The number of nitrogens with zero attached hydrogens (tertiary/aromatic N) is 3. The summed E-state index contributed by atoms with van der Waals surface area (Å²) in [6.07, 6.45) is -4.21. The summed E-state index contributed by atoms with van der Waals surface area (Å²) in [6, 6.07) is 5.43. The summed E-state index contributed by atoms with van der Waals surface area (Å²) in [5.41, 5.74) is 0.667. The Labute approximate surface area is 214 Å². The summed E-state index contributed by atoms with van der Waals surface area (Å²) in [7, 11) is 0. The number of carbonyl (C=O) groups is 3. The first-order valence-electron chi connectivity index (χ1n) is 11.8. The van der Waals surface area contributed by atoms with Gasteiger partial charge in [0.15, 0.2) is 0 Å². The Morgan fingerprint density at radius 3 is 2.43 bits per heavy atom. The minimum Gasteiger partial charge on any atom is -0.369 e. The number of halogens is 5. The number of carbonyl (C=O) groups excluding carboxylic acids is 3. The molecule has 0 spiro atoms. The lowest BCUT2D eigenvalue weighted by Gasteiger charge is -2.37. The molecule has 12 heteroatoms. The van der Waals surface area contributed by atoms with Crippen LogP contribution in [0.4, 0.5) is 23.2 Å². The number of amides is 3. The molecule has 0 aromatic heterocycles. The average Bonchev–Trinajstić information content (AvgIpc) is 3.15. The van der Waals surface area contributed by atoms with Gasteiger partial charge in [-0.05, 0) is 36.2 Å². The van der Waals surface area contributed by atoms with Crippen molar-refractivity contribution in [3.8, 4) is 0 Å². The van der Waals surface area contributed by atoms with Crippen molar-refractivity contribution in [3.05, 3.63) is 63.4 Å². The molecule has 7 nitrogen and oxygen atoms in total. The maximum absolute atomic E-state index is 14.6. The number of hydrogen-bond donors (Lipinski definition) is 1. The van der Waals surface area contributed by atoms with Crippen molar-refractivity contribution in [1.82, 2.24) is 15.1 Å². The molecule has 3 heterocycles. The summed E-state index contributed by atoms with van der Waals surface area (Å²) in [4.78, 5) is 42.1. The van der Waals surface area contributed by atoms with Crippen molar-refractivity contribution in [2.75, 3.05) is 31.1 Å². The second-order valence-corrected chi connectivity index (χ2v) is 9.85. The second kappa shape index (κ2) is 9.60. The molecule has 0 saturated carbocycles. The summed E-state index contributed by atoms with van der Waals surface area (Å²) in [5.74, 6) is -2.00. The Hall–Kier alpha value is -3.18. The molecular formula is C25H23ClF4N4O3. The molecule has 2 aromatic carbocycles. The van der Waals surface area contributed by atoms with Crippen LogP contribution in [0, 0.1) is 5.82 Å². The largest absolute Gasteiger partial charge is 0.416 e. The zero-order chi connectivity index (χ0) is 26.5. The van der Waals surface area contributed by atoms with Crippen LogP contribution in [-0.2, 0) is 28.9 Å². The number of piperazine rings is 1. The van der Waals surface area contributed by atoms with Crippen LogP contribution in [0.1, 0.15) is 39.9 Å². The van der Waals surface area contributed by atoms with E-state index in [4.69, 9.17) is 11.6 Å². The number of piperidine rings is 1. The molecule has 3 amide bonds. The normalized spacial score (nSPS) is 20.9. The molecule has 1 N–H and O–H groups in total. The summed E-state index contributed by atoms with van der Waals surface area (Å²) < 4.78 is 55.0. The highest BCUT2D eigenvalue weighted by Crippen LogP contribution is 2.37. The summed E-state index contributed by atoms with van der Waals surface area (Å²) in [5, 5.41) is 2.26. The minimum absolute atomic E-state index is 0.0155. The quantitative estimate of drug-likeness (QED) is 0.476. The van der Waals surface area contributed by atoms with Crippen molar-refractivity contribution in [2.45, 2.75) is 38.1 Å². The van der Waals surface area contributed by atoms with Crippen LogP contribution in [0.3, 0.4) is 0 Å². The molecule has 37 heavy (non-hydrogen) atoms. The highest BCUT2D eigenvalue weighted by Gasteiger charge is 2.41. The van der Waals surface area contributed by atoms with Gasteiger partial charge in [0.05, 0.1) is 5.56 Å². The Morgan fingerprint density at radius 1 is 1.03 bits per heavy atom. The van der Waals surface area contributed by atoms with Crippen LogP contribution >= 0.6 is 11.6 Å². The van der Waals surface area contributed by atoms with Crippen LogP contribution in [0.15, 0.2) is 30.3 Å². The third kappa shape index (κ3) is 5.02. The number of rotatable bonds is 4. The van der Waals surface area contributed by atoms with E-state index in [1.54, 1.807) is 0 Å². The Balaban J connectivity index is 1.31. The molecule has 0 bridgehead atoms. The molecule has 2 saturated heterocycles. The van der Waals surface area contributed by atoms with Gasteiger partial charge in [0.1, 0.15) is 11.9 Å². The molecule has 5 rings (SSSR count). The molecule has 1 unspecified atom stereocenters. The maximum Gasteiger partial charge on any atom is 0.416 e. The van der Waals surface area contributed by atoms with Crippen molar-refractivity contribution in [2.24, 2.45) is 0 Å². The zero-order valence-electron chi connectivity index (χ0n) is 19.6. The Morgan fingerprint density at radius 2 is 1.76 bits per heavy atom. The van der Waals surface area contributed by atoms with Gasteiger partial charge in [-0.15, -0.1) is 0 Å². The zero-order valence-corrected chi connectivity index (χ0v) is 20.3. The number of imide groups is 1. The van der Waals surface area contributed by atoms with Gasteiger partial charge in [0, 0.05) is 67.5 Å². The first-order valence-corrected chi connectivity index (χ1v) is 12.2. The summed E-state index contributed by atoms with van der Waals surface area (Å²) >= 11 is 5.78. The lowest BCUT2D eigenvalue weighted by atomic mass is 10.0. The predicted molar refractivity (Wildman–Crippen MR) is 126 cm³/mol.